The molecule has 0 saturated heterocycles. The molecule has 0 aliphatic carbocycles. The number of aryl methyl sites for hydroxylation is 1. The summed E-state index contributed by atoms with van der Waals surface area (Å²) in [7, 11) is -4.17. The van der Waals surface area contributed by atoms with Gasteiger partial charge < -0.3 is 15.0 Å². The van der Waals surface area contributed by atoms with Gasteiger partial charge in [0.15, 0.2) is 0 Å². The Kier molecular flexibility index (Phi) is 11.3. The molecule has 2 amide bonds. The highest BCUT2D eigenvalue weighted by Gasteiger charge is 2.35. The van der Waals surface area contributed by atoms with Gasteiger partial charge in [0.1, 0.15) is 18.3 Å². The van der Waals surface area contributed by atoms with Crippen LogP contribution in [0, 0.1) is 6.92 Å². The highest BCUT2D eigenvalue weighted by atomic mass is 32.2. The van der Waals surface area contributed by atoms with Crippen LogP contribution in [0.5, 0.6) is 5.75 Å². The normalized spacial score (nSPS) is 12.7. The SMILES string of the molecule is CCOc1ccccc1N(CC(=O)N(Cc1ccccc1C)[C@@H](CC)C(=O)N[C@H](C)CC)S(=O)(=O)c1ccccc1. The predicted octanol–water partition coefficient (Wildman–Crippen LogP) is 5.31. The summed E-state index contributed by atoms with van der Waals surface area (Å²) in [5, 5.41) is 3.00. The molecule has 0 heterocycles. The van der Waals surface area contributed by atoms with Crippen molar-refractivity contribution in [2.75, 3.05) is 17.5 Å². The topological polar surface area (TPSA) is 96.0 Å². The maximum atomic E-state index is 14.2. The maximum absolute atomic E-state index is 14.2. The van der Waals surface area contributed by atoms with Crippen LogP contribution in [0.1, 0.15) is 51.7 Å². The molecule has 0 bridgehead atoms. The summed E-state index contributed by atoms with van der Waals surface area (Å²) in [4.78, 5) is 29.2. The van der Waals surface area contributed by atoms with E-state index in [4.69, 9.17) is 4.74 Å². The molecular weight excluding hydrogens is 538 g/mol. The molecule has 3 aromatic rings. The molecule has 0 aliphatic heterocycles. The molecule has 0 aromatic heterocycles. The van der Waals surface area contributed by atoms with Gasteiger partial charge in [0.25, 0.3) is 10.0 Å². The zero-order chi connectivity index (χ0) is 30.0. The van der Waals surface area contributed by atoms with Crippen LogP contribution in [-0.2, 0) is 26.2 Å². The first kappa shape index (κ1) is 31.7. The standard InChI is InChI=1S/C32H41N3O5S/c1-6-25(5)33-32(37)28(7-2)34(22-26-17-13-12-16-24(26)4)31(36)23-35(29-20-14-15-21-30(29)40-8-3)41(38,39)27-18-10-9-11-19-27/h9-21,25,28H,6-8,22-23H2,1-5H3,(H,33,37)/t25-,28+/m1/s1. The van der Waals surface area contributed by atoms with Crippen molar-refractivity contribution in [3.05, 3.63) is 90.0 Å². The summed E-state index contributed by atoms with van der Waals surface area (Å²) < 4.78 is 34.9. The Labute approximate surface area is 244 Å². The number of amides is 2. The number of nitrogens with zero attached hydrogens (tertiary/aromatic N) is 2. The summed E-state index contributed by atoms with van der Waals surface area (Å²) >= 11 is 0. The van der Waals surface area contributed by atoms with E-state index in [2.05, 4.69) is 5.32 Å². The van der Waals surface area contributed by atoms with Crippen LogP contribution < -0.4 is 14.4 Å². The zero-order valence-corrected chi connectivity index (χ0v) is 25.4. The molecule has 0 spiro atoms. The number of hydrogen-bond donors (Lipinski definition) is 1. The van der Waals surface area contributed by atoms with Crippen molar-refractivity contribution >= 4 is 27.5 Å². The molecule has 3 rings (SSSR count). The van der Waals surface area contributed by atoms with Gasteiger partial charge in [-0.25, -0.2) is 8.42 Å². The number of hydrogen-bond acceptors (Lipinski definition) is 5. The monoisotopic (exact) mass is 579 g/mol. The summed E-state index contributed by atoms with van der Waals surface area (Å²) in [6, 6.07) is 21.5. The number of sulfonamides is 1. The fraction of sp³-hybridized carbons (Fsp3) is 0.375. The Hall–Kier alpha value is -3.85. The van der Waals surface area contributed by atoms with Crippen molar-refractivity contribution in [2.45, 2.75) is 71.0 Å². The quantitative estimate of drug-likeness (QED) is 0.279. The first-order chi connectivity index (χ1) is 19.6. The summed E-state index contributed by atoms with van der Waals surface area (Å²) in [6.07, 6.45) is 1.10. The van der Waals surface area contributed by atoms with Crippen LogP contribution in [0.4, 0.5) is 5.69 Å². The maximum Gasteiger partial charge on any atom is 0.264 e. The van der Waals surface area contributed by atoms with Crippen LogP contribution in [0.2, 0.25) is 0 Å². The first-order valence-electron chi connectivity index (χ1n) is 14.1. The zero-order valence-electron chi connectivity index (χ0n) is 24.5. The Morgan fingerprint density at radius 1 is 0.878 bits per heavy atom. The second-order valence-corrected chi connectivity index (χ2v) is 11.8. The fourth-order valence-electron chi connectivity index (χ4n) is 4.51. The largest absolute Gasteiger partial charge is 0.492 e. The highest BCUT2D eigenvalue weighted by molar-refractivity contribution is 7.92. The van der Waals surface area contributed by atoms with Gasteiger partial charge in [-0.1, -0.05) is 68.4 Å². The lowest BCUT2D eigenvalue weighted by atomic mass is 10.1. The van der Waals surface area contributed by atoms with Gasteiger partial charge in [0.2, 0.25) is 11.8 Å². The van der Waals surface area contributed by atoms with Crippen LogP contribution >= 0.6 is 0 Å². The number of benzene rings is 3. The summed E-state index contributed by atoms with van der Waals surface area (Å²) in [6.45, 7) is 9.46. The van der Waals surface area contributed by atoms with E-state index in [1.807, 2.05) is 58.9 Å². The van der Waals surface area contributed by atoms with Crippen LogP contribution in [0.25, 0.3) is 0 Å². The van der Waals surface area contributed by atoms with Gasteiger partial charge in [-0.15, -0.1) is 0 Å². The third kappa shape index (κ3) is 7.88. The Bertz CT molecular complexity index is 1410. The number of carbonyl (C=O) groups is 2. The van der Waals surface area contributed by atoms with E-state index in [0.29, 0.717) is 18.8 Å². The molecule has 41 heavy (non-hydrogen) atoms. The van der Waals surface area contributed by atoms with Gasteiger partial charge >= 0.3 is 0 Å². The van der Waals surface area contributed by atoms with E-state index < -0.39 is 28.5 Å². The van der Waals surface area contributed by atoms with Crippen molar-refractivity contribution in [1.29, 1.82) is 0 Å². The van der Waals surface area contributed by atoms with Gasteiger partial charge in [-0.05, 0) is 69.0 Å². The Balaban J connectivity index is 2.11. The van der Waals surface area contributed by atoms with Crippen LogP contribution in [-0.4, -0.2) is 50.4 Å². The van der Waals surface area contributed by atoms with Gasteiger partial charge in [-0.2, -0.15) is 0 Å². The predicted molar refractivity (Wildman–Crippen MR) is 162 cm³/mol. The molecule has 0 unspecified atom stereocenters. The number of rotatable bonds is 14. The number of nitrogens with one attached hydrogen (secondary N) is 1. The van der Waals surface area contributed by atoms with Crippen molar-refractivity contribution in [3.63, 3.8) is 0 Å². The molecule has 0 radical (unpaired) electrons. The van der Waals surface area contributed by atoms with Crippen LogP contribution in [0.15, 0.2) is 83.8 Å². The third-order valence-electron chi connectivity index (χ3n) is 7.03. The molecular formula is C32H41N3O5S. The Morgan fingerprint density at radius 2 is 1.51 bits per heavy atom. The third-order valence-corrected chi connectivity index (χ3v) is 8.81. The van der Waals surface area contributed by atoms with E-state index in [1.54, 1.807) is 42.5 Å². The molecule has 0 saturated carbocycles. The van der Waals surface area contributed by atoms with Crippen molar-refractivity contribution < 1.29 is 22.7 Å². The molecule has 3 aromatic carbocycles. The number of anilines is 1. The molecule has 9 heteroatoms. The number of carbonyl (C=O) groups excluding carboxylic acids is 2. The minimum Gasteiger partial charge on any atom is -0.492 e. The molecule has 0 aliphatic rings. The average molecular weight is 580 g/mol. The first-order valence-corrected chi connectivity index (χ1v) is 15.5. The van der Waals surface area contributed by atoms with E-state index in [1.165, 1.54) is 17.0 Å². The van der Waals surface area contributed by atoms with E-state index in [0.717, 1.165) is 21.9 Å². The minimum atomic E-state index is -4.17. The molecule has 1 N–H and O–H groups in total. The Morgan fingerprint density at radius 3 is 2.15 bits per heavy atom. The van der Waals surface area contributed by atoms with Crippen molar-refractivity contribution in [2.24, 2.45) is 0 Å². The van der Waals surface area contributed by atoms with E-state index >= 15 is 0 Å². The van der Waals surface area contributed by atoms with Gasteiger partial charge in [-0.3, -0.25) is 13.9 Å². The minimum absolute atomic E-state index is 0.0473. The molecule has 2 atom stereocenters. The van der Waals surface area contributed by atoms with Gasteiger partial charge in [0, 0.05) is 12.6 Å². The van der Waals surface area contributed by atoms with E-state index in [-0.39, 0.29) is 29.1 Å². The van der Waals surface area contributed by atoms with Crippen molar-refractivity contribution in [3.8, 4) is 5.75 Å². The summed E-state index contributed by atoms with van der Waals surface area (Å²) in [5.74, 6) is -0.421. The number of para-hydroxylation sites is 2. The lowest BCUT2D eigenvalue weighted by molar-refractivity contribution is -0.140. The smallest absolute Gasteiger partial charge is 0.264 e. The summed E-state index contributed by atoms with van der Waals surface area (Å²) in [5.41, 5.74) is 2.10. The molecule has 0 fully saturated rings. The van der Waals surface area contributed by atoms with Crippen molar-refractivity contribution in [1.82, 2.24) is 10.2 Å². The van der Waals surface area contributed by atoms with Crippen LogP contribution in [0.3, 0.4) is 0 Å². The second-order valence-electron chi connectivity index (χ2n) is 9.92. The second kappa shape index (κ2) is 14.7. The lowest BCUT2D eigenvalue weighted by Gasteiger charge is -2.34. The van der Waals surface area contributed by atoms with E-state index in [9.17, 15) is 18.0 Å². The number of ether oxygens (including phenoxy) is 1. The molecule has 220 valence electrons. The van der Waals surface area contributed by atoms with Gasteiger partial charge in [0.05, 0.1) is 17.2 Å². The lowest BCUT2D eigenvalue weighted by Crippen LogP contribution is -2.53. The molecule has 8 nitrogen and oxygen atoms in total. The highest BCUT2D eigenvalue weighted by Crippen LogP contribution is 2.33. The fourth-order valence-corrected chi connectivity index (χ4v) is 5.95. The average Bonchev–Trinajstić information content (AvgIpc) is 2.97.